The van der Waals surface area contributed by atoms with E-state index in [2.05, 4.69) is 12.1 Å². The molecule has 1 aliphatic carbocycles. The molecule has 0 aromatic rings. The summed E-state index contributed by atoms with van der Waals surface area (Å²) in [5, 5.41) is 3.77. The summed E-state index contributed by atoms with van der Waals surface area (Å²) < 4.78 is 5.40. The second-order valence-electron chi connectivity index (χ2n) is 8.97. The molecule has 7 heteroatoms. The zero-order valence-corrected chi connectivity index (χ0v) is 19.5. The van der Waals surface area contributed by atoms with E-state index in [-0.39, 0.29) is 18.2 Å². The highest BCUT2D eigenvalue weighted by Crippen LogP contribution is 2.29. The van der Waals surface area contributed by atoms with Gasteiger partial charge in [0.1, 0.15) is 11.4 Å². The SMILES string of the molecule is CCCSC/C(N)=N/OC(=O)C(CCCC1CCCCC1)CC(=O)OC(C)(C)C. The molecule has 6 nitrogen and oxygen atoms in total. The van der Waals surface area contributed by atoms with Gasteiger partial charge in [-0.2, -0.15) is 11.8 Å². The monoisotopic (exact) mass is 428 g/mol. The summed E-state index contributed by atoms with van der Waals surface area (Å²) in [4.78, 5) is 29.9. The number of rotatable bonds is 12. The standard InChI is InChI=1S/C22H40N2O4S/c1-5-14-29-16-19(23)24-28-21(26)18(15-20(25)27-22(2,3)4)13-9-12-17-10-7-6-8-11-17/h17-18H,5-16H2,1-4H3,(H2,23,24). The lowest BCUT2D eigenvalue weighted by Crippen LogP contribution is -2.28. The second kappa shape index (κ2) is 13.9. The van der Waals surface area contributed by atoms with E-state index < -0.39 is 17.5 Å². The van der Waals surface area contributed by atoms with Crippen LogP contribution in [0.2, 0.25) is 0 Å². The van der Waals surface area contributed by atoms with Crippen molar-refractivity contribution in [2.75, 3.05) is 11.5 Å². The third kappa shape index (κ3) is 12.8. The minimum Gasteiger partial charge on any atom is -0.460 e. The lowest BCUT2D eigenvalue weighted by atomic mass is 9.84. The molecule has 0 saturated heterocycles. The summed E-state index contributed by atoms with van der Waals surface area (Å²) in [6, 6.07) is 0. The van der Waals surface area contributed by atoms with E-state index in [1.54, 1.807) is 11.8 Å². The van der Waals surface area contributed by atoms with Gasteiger partial charge in [-0.05, 0) is 45.3 Å². The number of oxime groups is 1. The van der Waals surface area contributed by atoms with Crippen molar-refractivity contribution in [1.29, 1.82) is 0 Å². The van der Waals surface area contributed by atoms with Crippen LogP contribution in [0.3, 0.4) is 0 Å². The molecule has 29 heavy (non-hydrogen) atoms. The Morgan fingerprint density at radius 1 is 1.21 bits per heavy atom. The Labute approximate surface area is 180 Å². The number of thioether (sulfide) groups is 1. The quantitative estimate of drug-likeness (QED) is 0.117. The lowest BCUT2D eigenvalue weighted by Gasteiger charge is -2.23. The third-order valence-electron chi connectivity index (χ3n) is 4.91. The minimum absolute atomic E-state index is 0.0147. The second-order valence-corrected chi connectivity index (χ2v) is 10.1. The third-order valence-corrected chi connectivity index (χ3v) is 6.10. The first kappa shape index (κ1) is 25.8. The molecule has 1 fully saturated rings. The van der Waals surface area contributed by atoms with Gasteiger partial charge in [-0.25, -0.2) is 4.79 Å². The first-order valence-electron chi connectivity index (χ1n) is 11.0. The first-order chi connectivity index (χ1) is 13.7. The summed E-state index contributed by atoms with van der Waals surface area (Å²) >= 11 is 1.65. The van der Waals surface area contributed by atoms with Crippen LogP contribution in [0.5, 0.6) is 0 Å². The molecule has 0 radical (unpaired) electrons. The fraction of sp³-hybridized carbons (Fsp3) is 0.864. The van der Waals surface area contributed by atoms with E-state index in [1.807, 2.05) is 20.8 Å². The Balaban J connectivity index is 2.58. The van der Waals surface area contributed by atoms with Crippen LogP contribution in [0.1, 0.15) is 91.9 Å². The zero-order chi connectivity index (χ0) is 21.7. The number of hydrogen-bond acceptors (Lipinski definition) is 6. The highest BCUT2D eigenvalue weighted by molar-refractivity contribution is 7.99. The molecule has 0 amide bonds. The van der Waals surface area contributed by atoms with Gasteiger partial charge in [0.15, 0.2) is 0 Å². The smallest absolute Gasteiger partial charge is 0.338 e. The normalized spacial score (nSPS) is 17.0. The van der Waals surface area contributed by atoms with E-state index >= 15 is 0 Å². The van der Waals surface area contributed by atoms with Crippen LogP contribution in [0, 0.1) is 11.8 Å². The van der Waals surface area contributed by atoms with Gasteiger partial charge in [0.25, 0.3) is 0 Å². The van der Waals surface area contributed by atoms with Gasteiger partial charge in [-0.1, -0.05) is 57.0 Å². The van der Waals surface area contributed by atoms with E-state index in [0.29, 0.717) is 12.2 Å². The maximum atomic E-state index is 12.6. The van der Waals surface area contributed by atoms with Gasteiger partial charge >= 0.3 is 11.9 Å². The molecule has 168 valence electrons. The largest absolute Gasteiger partial charge is 0.460 e. The van der Waals surface area contributed by atoms with Crippen molar-refractivity contribution in [1.82, 2.24) is 0 Å². The number of nitrogens with two attached hydrogens (primary N) is 1. The molecule has 0 spiro atoms. The van der Waals surface area contributed by atoms with Crippen LogP contribution in [-0.4, -0.2) is 34.9 Å². The topological polar surface area (TPSA) is 91.0 Å². The van der Waals surface area contributed by atoms with Gasteiger partial charge in [0.05, 0.1) is 18.1 Å². The van der Waals surface area contributed by atoms with Crippen LogP contribution in [0.15, 0.2) is 5.16 Å². The summed E-state index contributed by atoms with van der Waals surface area (Å²) in [7, 11) is 0. The van der Waals surface area contributed by atoms with E-state index in [1.165, 1.54) is 32.1 Å². The number of esters is 1. The van der Waals surface area contributed by atoms with Gasteiger partial charge in [-0.3, -0.25) is 4.79 Å². The van der Waals surface area contributed by atoms with Crippen LogP contribution >= 0.6 is 11.8 Å². The van der Waals surface area contributed by atoms with Gasteiger partial charge in [0.2, 0.25) is 0 Å². The highest BCUT2D eigenvalue weighted by atomic mass is 32.2. The van der Waals surface area contributed by atoms with E-state index in [9.17, 15) is 9.59 Å². The predicted molar refractivity (Wildman–Crippen MR) is 120 cm³/mol. The van der Waals surface area contributed by atoms with Crippen molar-refractivity contribution in [3.63, 3.8) is 0 Å². The number of nitrogens with zero attached hydrogens (tertiary/aromatic N) is 1. The Hall–Kier alpha value is -1.24. The Kier molecular flexibility index (Phi) is 12.4. The van der Waals surface area contributed by atoms with Gasteiger partial charge < -0.3 is 15.3 Å². The molecular formula is C22H40N2O4S. The zero-order valence-electron chi connectivity index (χ0n) is 18.7. The minimum atomic E-state index is -0.577. The Morgan fingerprint density at radius 3 is 2.52 bits per heavy atom. The molecule has 1 unspecified atom stereocenters. The van der Waals surface area contributed by atoms with Crippen LogP contribution in [0.25, 0.3) is 0 Å². The molecule has 0 bridgehead atoms. The molecule has 1 saturated carbocycles. The van der Waals surface area contributed by atoms with Crippen molar-refractivity contribution in [3.05, 3.63) is 0 Å². The van der Waals surface area contributed by atoms with Gasteiger partial charge in [0, 0.05) is 0 Å². The lowest BCUT2D eigenvalue weighted by molar-refractivity contribution is -0.161. The molecular weight excluding hydrogens is 388 g/mol. The number of amidine groups is 1. The molecule has 1 aliphatic rings. The number of hydrogen-bond donors (Lipinski definition) is 1. The van der Waals surface area contributed by atoms with Crippen LogP contribution in [-0.2, 0) is 19.2 Å². The van der Waals surface area contributed by atoms with Crippen molar-refractivity contribution in [2.24, 2.45) is 22.7 Å². The van der Waals surface area contributed by atoms with Crippen molar-refractivity contribution >= 4 is 29.5 Å². The fourth-order valence-electron chi connectivity index (χ4n) is 3.54. The van der Waals surface area contributed by atoms with E-state index in [0.717, 1.165) is 30.9 Å². The Morgan fingerprint density at radius 2 is 1.90 bits per heavy atom. The average molecular weight is 429 g/mol. The average Bonchev–Trinajstić information content (AvgIpc) is 2.65. The molecule has 0 aromatic carbocycles. The summed E-state index contributed by atoms with van der Waals surface area (Å²) in [6.07, 6.45) is 10.2. The van der Waals surface area contributed by atoms with Gasteiger partial charge in [-0.15, -0.1) is 0 Å². The molecule has 1 rings (SSSR count). The van der Waals surface area contributed by atoms with E-state index in [4.69, 9.17) is 15.3 Å². The number of ether oxygens (including phenoxy) is 1. The molecule has 2 N–H and O–H groups in total. The molecule has 1 atom stereocenters. The summed E-state index contributed by atoms with van der Waals surface area (Å²) in [5.41, 5.74) is 5.23. The molecule has 0 aromatic heterocycles. The van der Waals surface area contributed by atoms with Crippen LogP contribution < -0.4 is 5.73 Å². The number of carbonyl (C=O) groups excluding carboxylic acids is 2. The van der Waals surface area contributed by atoms with Crippen molar-refractivity contribution in [3.8, 4) is 0 Å². The molecule has 0 aliphatic heterocycles. The maximum Gasteiger partial charge on any atom is 0.338 e. The molecule has 0 heterocycles. The summed E-state index contributed by atoms with van der Waals surface area (Å²) in [6.45, 7) is 7.55. The highest BCUT2D eigenvalue weighted by Gasteiger charge is 2.27. The predicted octanol–water partition coefficient (Wildman–Crippen LogP) is 5.04. The summed E-state index contributed by atoms with van der Waals surface area (Å²) in [5.74, 6) is 1.11. The first-order valence-corrected chi connectivity index (χ1v) is 12.2. The maximum absolute atomic E-state index is 12.6. The van der Waals surface area contributed by atoms with Crippen LogP contribution in [0.4, 0.5) is 0 Å². The fourth-order valence-corrected chi connectivity index (χ4v) is 4.24. The Bertz CT molecular complexity index is 525. The number of carbonyl (C=O) groups is 2. The van der Waals surface area contributed by atoms with Crippen molar-refractivity contribution < 1.29 is 19.2 Å². The van der Waals surface area contributed by atoms with Crippen molar-refractivity contribution in [2.45, 2.75) is 97.5 Å².